The average molecular weight is 335 g/mol. The van der Waals surface area contributed by atoms with Crippen LogP contribution in [0.3, 0.4) is 0 Å². The molecule has 1 fully saturated rings. The van der Waals surface area contributed by atoms with E-state index in [4.69, 9.17) is 9.47 Å². The van der Waals surface area contributed by atoms with Crippen molar-refractivity contribution in [2.75, 3.05) is 14.2 Å². The second-order valence-corrected chi connectivity index (χ2v) is 5.66. The van der Waals surface area contributed by atoms with Crippen LogP contribution >= 0.6 is 0 Å². The minimum Gasteiger partial charge on any atom is -0.493 e. The number of methoxy groups -OCH3 is 2. The molecular formula is C16H21N3O5. The van der Waals surface area contributed by atoms with Gasteiger partial charge in [0.25, 0.3) is 5.91 Å². The summed E-state index contributed by atoms with van der Waals surface area (Å²) in [5.74, 6) is 0.0903. The van der Waals surface area contributed by atoms with Crippen molar-refractivity contribution in [1.82, 2.24) is 15.8 Å². The fourth-order valence-corrected chi connectivity index (χ4v) is 2.37. The van der Waals surface area contributed by atoms with Gasteiger partial charge in [0.15, 0.2) is 11.5 Å². The summed E-state index contributed by atoms with van der Waals surface area (Å²) in [7, 11) is 3.02. The first kappa shape index (κ1) is 17.6. The minimum absolute atomic E-state index is 0.0136. The monoisotopic (exact) mass is 335 g/mol. The topological polar surface area (TPSA) is 97.0 Å². The molecule has 1 aliphatic rings. The number of imide groups is 1. The molecule has 4 amide bonds. The highest BCUT2D eigenvalue weighted by molar-refractivity contribution is 6.07. The molecule has 2 N–H and O–H groups in total. The van der Waals surface area contributed by atoms with Gasteiger partial charge >= 0.3 is 6.03 Å². The Kier molecular flexibility index (Phi) is 4.96. The number of carbonyl (C=O) groups excluding carboxylic acids is 3. The number of hydrogen-bond acceptors (Lipinski definition) is 5. The second kappa shape index (κ2) is 6.77. The summed E-state index contributed by atoms with van der Waals surface area (Å²) >= 11 is 0. The molecule has 0 unspecified atom stereocenters. The molecule has 130 valence electrons. The van der Waals surface area contributed by atoms with Crippen LogP contribution in [0.15, 0.2) is 18.2 Å². The minimum atomic E-state index is -0.992. The van der Waals surface area contributed by atoms with Crippen LogP contribution in [0.2, 0.25) is 0 Å². The lowest BCUT2D eigenvalue weighted by Gasteiger charge is -2.19. The lowest BCUT2D eigenvalue weighted by molar-refractivity contribution is -0.138. The first-order valence-corrected chi connectivity index (χ1v) is 7.51. The largest absolute Gasteiger partial charge is 0.493 e. The molecule has 0 aliphatic carbocycles. The smallest absolute Gasteiger partial charge is 0.344 e. The number of nitrogens with zero attached hydrogens (tertiary/aromatic N) is 1. The maximum atomic E-state index is 12.2. The molecule has 0 radical (unpaired) electrons. The second-order valence-electron chi connectivity index (χ2n) is 5.66. The number of benzene rings is 1. The molecule has 1 aromatic carbocycles. The van der Waals surface area contributed by atoms with E-state index < -0.39 is 23.4 Å². The Hall–Kier alpha value is -2.77. The van der Waals surface area contributed by atoms with Crippen LogP contribution in [-0.4, -0.2) is 42.6 Å². The highest BCUT2D eigenvalue weighted by atomic mass is 16.5. The SMILES string of the molecule is CC[C@]1(C)NC(=O)N(NC(=O)Cc2ccc(OC)c(OC)c2)C1=O. The van der Waals surface area contributed by atoms with Crippen molar-refractivity contribution in [2.24, 2.45) is 0 Å². The van der Waals surface area contributed by atoms with Crippen molar-refractivity contribution in [3.63, 3.8) is 0 Å². The van der Waals surface area contributed by atoms with Crippen LogP contribution in [0.5, 0.6) is 11.5 Å². The highest BCUT2D eigenvalue weighted by Crippen LogP contribution is 2.27. The summed E-state index contributed by atoms with van der Waals surface area (Å²) in [4.78, 5) is 36.3. The first-order valence-electron chi connectivity index (χ1n) is 7.51. The Morgan fingerprint density at radius 2 is 1.92 bits per heavy atom. The molecule has 8 heteroatoms. The molecule has 0 spiro atoms. The Morgan fingerprint density at radius 1 is 1.25 bits per heavy atom. The number of carbonyl (C=O) groups is 3. The van der Waals surface area contributed by atoms with Crippen molar-refractivity contribution in [2.45, 2.75) is 32.2 Å². The summed E-state index contributed by atoms with van der Waals surface area (Å²) in [5.41, 5.74) is 2.01. The molecule has 24 heavy (non-hydrogen) atoms. The van der Waals surface area contributed by atoms with E-state index >= 15 is 0 Å². The van der Waals surface area contributed by atoms with Gasteiger partial charge in [-0.25, -0.2) is 4.79 Å². The van der Waals surface area contributed by atoms with E-state index in [-0.39, 0.29) is 6.42 Å². The molecule has 1 aromatic rings. The highest BCUT2D eigenvalue weighted by Gasteiger charge is 2.47. The first-order chi connectivity index (χ1) is 11.3. The van der Waals surface area contributed by atoms with Gasteiger partial charge in [-0.1, -0.05) is 13.0 Å². The van der Waals surface area contributed by atoms with Crippen LogP contribution in [0.4, 0.5) is 4.79 Å². The zero-order valence-electron chi connectivity index (χ0n) is 14.1. The van der Waals surface area contributed by atoms with Crippen LogP contribution in [0.25, 0.3) is 0 Å². The lowest BCUT2D eigenvalue weighted by atomic mass is 10.00. The van der Waals surface area contributed by atoms with Crippen molar-refractivity contribution < 1.29 is 23.9 Å². The van der Waals surface area contributed by atoms with Gasteiger partial charge < -0.3 is 14.8 Å². The molecule has 0 bridgehead atoms. The van der Waals surface area contributed by atoms with Gasteiger partial charge in [-0.15, -0.1) is 0 Å². The molecule has 1 aliphatic heterocycles. The van der Waals surface area contributed by atoms with E-state index in [2.05, 4.69) is 10.7 Å². The number of ether oxygens (including phenoxy) is 2. The van der Waals surface area contributed by atoms with Crippen molar-refractivity contribution >= 4 is 17.8 Å². The van der Waals surface area contributed by atoms with E-state index in [0.717, 1.165) is 5.01 Å². The van der Waals surface area contributed by atoms with Crippen molar-refractivity contribution in [3.8, 4) is 11.5 Å². The van der Waals surface area contributed by atoms with Gasteiger partial charge in [-0.3, -0.25) is 15.0 Å². The zero-order valence-corrected chi connectivity index (χ0v) is 14.1. The Bertz CT molecular complexity index is 676. The third kappa shape index (κ3) is 3.27. The standard InChI is InChI=1S/C16H21N3O5/c1-5-16(2)14(21)19(15(22)17-16)18-13(20)9-10-6-7-11(23-3)12(8-10)24-4/h6-8H,5,9H2,1-4H3,(H,17,22)(H,18,20)/t16-/m0/s1. The van der Waals surface area contributed by atoms with E-state index in [1.165, 1.54) is 14.2 Å². The molecule has 0 saturated carbocycles. The quantitative estimate of drug-likeness (QED) is 0.756. The van der Waals surface area contributed by atoms with E-state index in [9.17, 15) is 14.4 Å². The van der Waals surface area contributed by atoms with Gasteiger partial charge in [0.05, 0.1) is 20.6 Å². The van der Waals surface area contributed by atoms with E-state index in [1.807, 2.05) is 0 Å². The molecule has 0 aromatic heterocycles. The summed E-state index contributed by atoms with van der Waals surface area (Å²) in [6.45, 7) is 3.40. The summed E-state index contributed by atoms with van der Waals surface area (Å²) < 4.78 is 10.3. The summed E-state index contributed by atoms with van der Waals surface area (Å²) in [5, 5.41) is 3.30. The molecule has 1 saturated heterocycles. The third-order valence-corrected chi connectivity index (χ3v) is 4.02. The third-order valence-electron chi connectivity index (χ3n) is 4.02. The fraction of sp³-hybridized carbons (Fsp3) is 0.438. The average Bonchev–Trinajstić information content (AvgIpc) is 2.78. The normalized spacial score (nSPS) is 19.9. The Labute approximate surface area is 140 Å². The van der Waals surface area contributed by atoms with Crippen LogP contribution in [0.1, 0.15) is 25.8 Å². The predicted octanol–water partition coefficient (Wildman–Crippen LogP) is 0.998. The zero-order chi connectivity index (χ0) is 17.9. The van der Waals surface area contributed by atoms with Crippen LogP contribution in [-0.2, 0) is 16.0 Å². The number of urea groups is 1. The van der Waals surface area contributed by atoms with E-state index in [1.54, 1.807) is 32.0 Å². The van der Waals surface area contributed by atoms with Gasteiger partial charge in [-0.2, -0.15) is 5.01 Å². The van der Waals surface area contributed by atoms with Gasteiger partial charge in [0, 0.05) is 0 Å². The van der Waals surface area contributed by atoms with Gasteiger partial charge in [-0.05, 0) is 31.0 Å². The van der Waals surface area contributed by atoms with E-state index in [0.29, 0.717) is 23.5 Å². The Morgan fingerprint density at radius 3 is 2.46 bits per heavy atom. The maximum absolute atomic E-state index is 12.2. The predicted molar refractivity (Wildman–Crippen MR) is 85.5 cm³/mol. The number of amides is 4. The molecule has 2 rings (SSSR count). The number of nitrogens with one attached hydrogen (secondary N) is 2. The van der Waals surface area contributed by atoms with Gasteiger partial charge in [0.2, 0.25) is 5.91 Å². The molecule has 1 atom stereocenters. The van der Waals surface area contributed by atoms with Gasteiger partial charge in [0.1, 0.15) is 5.54 Å². The molecule has 8 nitrogen and oxygen atoms in total. The number of hydrazine groups is 1. The van der Waals surface area contributed by atoms with Crippen molar-refractivity contribution in [3.05, 3.63) is 23.8 Å². The fourth-order valence-electron chi connectivity index (χ4n) is 2.37. The lowest BCUT2D eigenvalue weighted by Crippen LogP contribution is -2.49. The molecular weight excluding hydrogens is 314 g/mol. The van der Waals surface area contributed by atoms with Crippen LogP contribution < -0.4 is 20.2 Å². The number of hydrogen-bond donors (Lipinski definition) is 2. The number of rotatable bonds is 6. The Balaban J connectivity index is 2.06. The summed E-state index contributed by atoms with van der Waals surface area (Å²) in [6, 6.07) is 4.43. The van der Waals surface area contributed by atoms with Crippen LogP contribution in [0, 0.1) is 0 Å². The van der Waals surface area contributed by atoms with Crippen molar-refractivity contribution in [1.29, 1.82) is 0 Å². The molecule has 1 heterocycles. The summed E-state index contributed by atoms with van der Waals surface area (Å²) in [6.07, 6.45) is 0.417. The maximum Gasteiger partial charge on any atom is 0.344 e.